The van der Waals surface area contributed by atoms with Crippen molar-refractivity contribution in [3.63, 3.8) is 0 Å². The summed E-state index contributed by atoms with van der Waals surface area (Å²) in [6.45, 7) is 0. The Hall–Kier alpha value is -2.51. The van der Waals surface area contributed by atoms with Gasteiger partial charge in [0, 0.05) is 21.9 Å². The SMILES string of the molecule is Oc1ccc(C2=Nn3c(nnc3-c3cccc(Cl)c3)SC2)cc1O. The molecule has 120 valence electrons. The fraction of sp³-hybridized carbons (Fsp3) is 0.0625. The fourth-order valence-corrected chi connectivity index (χ4v) is 3.41. The van der Waals surface area contributed by atoms with Crippen LogP contribution < -0.4 is 0 Å². The first kappa shape index (κ1) is 15.0. The van der Waals surface area contributed by atoms with Gasteiger partial charge in [0.05, 0.1) is 5.71 Å². The van der Waals surface area contributed by atoms with Gasteiger partial charge in [0.15, 0.2) is 17.3 Å². The molecule has 1 aliphatic heterocycles. The number of hydrogen-bond acceptors (Lipinski definition) is 6. The molecule has 0 atom stereocenters. The third kappa shape index (κ3) is 2.61. The van der Waals surface area contributed by atoms with Crippen LogP contribution in [0.15, 0.2) is 52.7 Å². The highest BCUT2D eigenvalue weighted by atomic mass is 35.5. The molecule has 0 saturated heterocycles. The molecule has 3 aromatic rings. The zero-order valence-corrected chi connectivity index (χ0v) is 13.8. The van der Waals surface area contributed by atoms with Crippen molar-refractivity contribution >= 4 is 29.1 Å². The van der Waals surface area contributed by atoms with E-state index in [9.17, 15) is 10.2 Å². The second-order valence-electron chi connectivity index (χ2n) is 5.17. The molecular weight excluding hydrogens is 348 g/mol. The summed E-state index contributed by atoms with van der Waals surface area (Å²) in [6, 6.07) is 12.0. The van der Waals surface area contributed by atoms with Crippen molar-refractivity contribution in [3.05, 3.63) is 53.1 Å². The lowest BCUT2D eigenvalue weighted by Crippen LogP contribution is -2.13. The number of nitrogens with zero attached hydrogens (tertiary/aromatic N) is 4. The van der Waals surface area contributed by atoms with E-state index < -0.39 is 0 Å². The van der Waals surface area contributed by atoms with Gasteiger partial charge in [-0.05, 0) is 30.3 Å². The van der Waals surface area contributed by atoms with Crippen LogP contribution in [-0.2, 0) is 0 Å². The lowest BCUT2D eigenvalue weighted by atomic mass is 10.1. The van der Waals surface area contributed by atoms with Gasteiger partial charge in [-0.3, -0.25) is 0 Å². The van der Waals surface area contributed by atoms with Crippen LogP contribution in [0.1, 0.15) is 5.56 Å². The van der Waals surface area contributed by atoms with Gasteiger partial charge in [-0.2, -0.15) is 9.78 Å². The number of halogens is 1. The summed E-state index contributed by atoms with van der Waals surface area (Å²) in [5, 5.41) is 33.4. The largest absolute Gasteiger partial charge is 0.504 e. The molecule has 0 unspecified atom stereocenters. The van der Waals surface area contributed by atoms with Gasteiger partial charge in [-0.1, -0.05) is 35.5 Å². The maximum Gasteiger partial charge on any atom is 0.212 e. The Morgan fingerprint density at radius 2 is 1.88 bits per heavy atom. The molecule has 2 aromatic carbocycles. The van der Waals surface area contributed by atoms with Crippen LogP contribution in [0, 0.1) is 0 Å². The Morgan fingerprint density at radius 3 is 2.67 bits per heavy atom. The van der Waals surface area contributed by atoms with Crippen LogP contribution in [0.2, 0.25) is 5.02 Å². The fourth-order valence-electron chi connectivity index (χ4n) is 2.38. The zero-order chi connectivity index (χ0) is 16.7. The maximum absolute atomic E-state index is 9.69. The van der Waals surface area contributed by atoms with Gasteiger partial charge in [0.1, 0.15) is 0 Å². The minimum absolute atomic E-state index is 0.160. The van der Waals surface area contributed by atoms with Crippen molar-refractivity contribution in [2.24, 2.45) is 5.10 Å². The highest BCUT2D eigenvalue weighted by Crippen LogP contribution is 2.31. The van der Waals surface area contributed by atoms with Gasteiger partial charge in [0.2, 0.25) is 5.16 Å². The van der Waals surface area contributed by atoms with Crippen LogP contribution in [0.3, 0.4) is 0 Å². The van der Waals surface area contributed by atoms with E-state index >= 15 is 0 Å². The zero-order valence-electron chi connectivity index (χ0n) is 12.2. The van der Waals surface area contributed by atoms with Crippen LogP contribution in [0.4, 0.5) is 0 Å². The molecule has 0 amide bonds. The molecule has 0 spiro atoms. The molecule has 2 heterocycles. The van der Waals surface area contributed by atoms with Crippen LogP contribution >= 0.6 is 23.4 Å². The first-order valence-corrected chi connectivity index (χ1v) is 8.42. The molecule has 0 radical (unpaired) electrons. The van der Waals surface area contributed by atoms with E-state index in [1.54, 1.807) is 22.9 Å². The lowest BCUT2D eigenvalue weighted by Gasteiger charge is -2.14. The summed E-state index contributed by atoms with van der Waals surface area (Å²) in [5.74, 6) is 0.857. The number of rotatable bonds is 2. The molecule has 0 aliphatic carbocycles. The standard InChI is InChI=1S/C16H11ClN4O2S/c17-11-3-1-2-10(6-11)15-18-19-16-21(15)20-12(8-24-16)9-4-5-13(22)14(23)7-9/h1-7,22-23H,8H2. The molecule has 24 heavy (non-hydrogen) atoms. The topological polar surface area (TPSA) is 83.5 Å². The monoisotopic (exact) mass is 358 g/mol. The lowest BCUT2D eigenvalue weighted by molar-refractivity contribution is 0.403. The Balaban J connectivity index is 1.80. The van der Waals surface area contributed by atoms with E-state index in [1.165, 1.54) is 23.9 Å². The normalized spacial score (nSPS) is 13.5. The molecule has 0 saturated carbocycles. The van der Waals surface area contributed by atoms with Crippen molar-refractivity contribution in [2.45, 2.75) is 5.16 Å². The number of phenols is 2. The summed E-state index contributed by atoms with van der Waals surface area (Å²) in [7, 11) is 0. The molecule has 1 aliphatic rings. The average Bonchev–Trinajstić information content (AvgIpc) is 3.00. The first-order chi connectivity index (χ1) is 11.6. The van der Waals surface area contributed by atoms with Crippen LogP contribution in [0.5, 0.6) is 11.5 Å². The van der Waals surface area contributed by atoms with Crippen molar-refractivity contribution in [2.75, 3.05) is 5.75 Å². The summed E-state index contributed by atoms with van der Waals surface area (Å²) in [4.78, 5) is 0. The molecule has 0 bridgehead atoms. The van der Waals surface area contributed by atoms with E-state index in [-0.39, 0.29) is 11.5 Å². The van der Waals surface area contributed by atoms with Gasteiger partial charge in [-0.15, -0.1) is 10.2 Å². The molecule has 1 aromatic heterocycles. The van der Waals surface area contributed by atoms with Crippen molar-refractivity contribution in [3.8, 4) is 22.9 Å². The Labute approximate surface area is 146 Å². The minimum atomic E-state index is -0.176. The first-order valence-electron chi connectivity index (χ1n) is 7.06. The number of hydrogen-bond donors (Lipinski definition) is 2. The summed E-state index contributed by atoms with van der Waals surface area (Å²) >= 11 is 7.55. The highest BCUT2D eigenvalue weighted by Gasteiger charge is 2.21. The number of benzene rings is 2. The Bertz CT molecular complexity index is 970. The molecule has 4 rings (SSSR count). The number of aromatic nitrogens is 3. The van der Waals surface area contributed by atoms with E-state index in [4.69, 9.17) is 11.6 Å². The van der Waals surface area contributed by atoms with Crippen molar-refractivity contribution in [1.82, 2.24) is 14.9 Å². The van der Waals surface area contributed by atoms with Crippen LogP contribution in [0.25, 0.3) is 11.4 Å². The quantitative estimate of drug-likeness (QED) is 0.686. The van der Waals surface area contributed by atoms with Gasteiger partial charge < -0.3 is 10.2 Å². The van der Waals surface area contributed by atoms with E-state index in [0.29, 0.717) is 21.8 Å². The molecule has 6 nitrogen and oxygen atoms in total. The summed E-state index contributed by atoms with van der Waals surface area (Å²) in [5.41, 5.74) is 2.31. The summed E-state index contributed by atoms with van der Waals surface area (Å²) < 4.78 is 1.67. The Morgan fingerprint density at radius 1 is 1.00 bits per heavy atom. The number of aromatic hydroxyl groups is 2. The summed E-state index contributed by atoms with van der Waals surface area (Å²) in [6.07, 6.45) is 0. The number of fused-ring (bicyclic) bond motifs is 1. The average molecular weight is 359 g/mol. The third-order valence-corrected chi connectivity index (χ3v) is 4.73. The Kier molecular flexibility index (Phi) is 3.66. The van der Waals surface area contributed by atoms with Gasteiger partial charge >= 0.3 is 0 Å². The highest BCUT2D eigenvalue weighted by molar-refractivity contribution is 7.99. The van der Waals surface area contributed by atoms with E-state index in [0.717, 1.165) is 16.8 Å². The van der Waals surface area contributed by atoms with Gasteiger partial charge in [0.25, 0.3) is 0 Å². The smallest absolute Gasteiger partial charge is 0.212 e. The predicted octanol–water partition coefficient (Wildman–Crippen LogP) is 3.37. The third-order valence-electron chi connectivity index (χ3n) is 3.56. The number of thioether (sulfide) groups is 1. The second kappa shape index (κ2) is 5.85. The molecule has 0 fully saturated rings. The second-order valence-corrected chi connectivity index (χ2v) is 6.55. The molecular formula is C16H11ClN4O2S. The van der Waals surface area contributed by atoms with Crippen LogP contribution in [-0.4, -0.2) is 36.6 Å². The van der Waals surface area contributed by atoms with E-state index in [1.807, 2.05) is 12.1 Å². The number of phenolic OH excluding ortho intramolecular Hbond substituents is 2. The van der Waals surface area contributed by atoms with E-state index in [2.05, 4.69) is 15.3 Å². The van der Waals surface area contributed by atoms with Gasteiger partial charge in [-0.25, -0.2) is 0 Å². The predicted molar refractivity (Wildman–Crippen MR) is 92.9 cm³/mol. The van der Waals surface area contributed by atoms with Crippen molar-refractivity contribution < 1.29 is 10.2 Å². The maximum atomic E-state index is 9.69. The minimum Gasteiger partial charge on any atom is -0.504 e. The molecule has 2 N–H and O–H groups in total. The van der Waals surface area contributed by atoms with Crippen molar-refractivity contribution in [1.29, 1.82) is 0 Å². The molecule has 8 heteroatoms.